The highest BCUT2D eigenvalue weighted by molar-refractivity contribution is 7.11. The second-order valence-electron chi connectivity index (χ2n) is 2.52. The molecule has 70 valence electrons. The largest absolute Gasteiger partial charge is 0.478 e. The number of hydrogen-bond acceptors (Lipinski definition) is 3. The second kappa shape index (κ2) is 4.79. The van der Waals surface area contributed by atoms with Crippen LogP contribution in [0.4, 0.5) is 0 Å². The molecule has 0 amide bonds. The van der Waals surface area contributed by atoms with Crippen molar-refractivity contribution in [1.82, 2.24) is 0 Å². The molecule has 0 saturated heterocycles. The highest BCUT2D eigenvalue weighted by atomic mass is 32.1. The van der Waals surface area contributed by atoms with Crippen LogP contribution in [0.15, 0.2) is 17.5 Å². The summed E-state index contributed by atoms with van der Waals surface area (Å²) in [7, 11) is 0. The fourth-order valence-electron chi connectivity index (χ4n) is 0.848. The Morgan fingerprint density at radius 3 is 3.00 bits per heavy atom. The van der Waals surface area contributed by atoms with Crippen molar-refractivity contribution in [2.75, 3.05) is 6.54 Å². The SMILES string of the molecule is NCCC=Cc1cc(C(=O)O)cs1. The van der Waals surface area contributed by atoms with Gasteiger partial charge in [-0.05, 0) is 25.1 Å². The monoisotopic (exact) mass is 197 g/mol. The molecular weight excluding hydrogens is 186 g/mol. The molecule has 0 aliphatic heterocycles. The molecule has 0 fully saturated rings. The van der Waals surface area contributed by atoms with Crippen molar-refractivity contribution < 1.29 is 9.90 Å². The maximum Gasteiger partial charge on any atom is 0.336 e. The molecule has 0 unspecified atom stereocenters. The summed E-state index contributed by atoms with van der Waals surface area (Å²) < 4.78 is 0. The Morgan fingerprint density at radius 2 is 2.46 bits per heavy atom. The van der Waals surface area contributed by atoms with E-state index in [1.165, 1.54) is 11.3 Å². The van der Waals surface area contributed by atoms with E-state index < -0.39 is 5.97 Å². The van der Waals surface area contributed by atoms with E-state index in [1.54, 1.807) is 11.4 Å². The van der Waals surface area contributed by atoms with Crippen molar-refractivity contribution >= 4 is 23.4 Å². The van der Waals surface area contributed by atoms with Gasteiger partial charge >= 0.3 is 5.97 Å². The molecule has 0 radical (unpaired) electrons. The summed E-state index contributed by atoms with van der Waals surface area (Å²) in [6.45, 7) is 0.619. The van der Waals surface area contributed by atoms with Crippen LogP contribution in [0.1, 0.15) is 21.7 Å². The maximum absolute atomic E-state index is 10.5. The Hall–Kier alpha value is -1.13. The van der Waals surface area contributed by atoms with E-state index in [0.29, 0.717) is 12.1 Å². The van der Waals surface area contributed by atoms with Crippen LogP contribution in [-0.2, 0) is 0 Å². The number of hydrogen-bond donors (Lipinski definition) is 2. The van der Waals surface area contributed by atoms with Gasteiger partial charge in [-0.3, -0.25) is 0 Å². The highest BCUT2D eigenvalue weighted by Crippen LogP contribution is 2.16. The van der Waals surface area contributed by atoms with Crippen LogP contribution in [0.5, 0.6) is 0 Å². The van der Waals surface area contributed by atoms with Crippen molar-refractivity contribution in [3.05, 3.63) is 28.0 Å². The van der Waals surface area contributed by atoms with Crippen LogP contribution in [0.25, 0.3) is 6.08 Å². The number of carbonyl (C=O) groups is 1. The smallest absolute Gasteiger partial charge is 0.336 e. The fourth-order valence-corrected chi connectivity index (χ4v) is 1.65. The van der Waals surface area contributed by atoms with Crippen molar-refractivity contribution in [1.29, 1.82) is 0 Å². The second-order valence-corrected chi connectivity index (χ2v) is 3.47. The van der Waals surface area contributed by atoms with Crippen molar-refractivity contribution in [3.8, 4) is 0 Å². The first-order valence-corrected chi connectivity index (χ1v) is 4.80. The predicted octanol–water partition coefficient (Wildman–Crippen LogP) is 1.81. The molecular formula is C9H11NO2S. The number of nitrogens with two attached hydrogens (primary N) is 1. The first-order chi connectivity index (χ1) is 6.24. The number of aromatic carboxylic acids is 1. The third kappa shape index (κ3) is 3.01. The minimum atomic E-state index is -0.880. The first-order valence-electron chi connectivity index (χ1n) is 3.92. The molecule has 3 nitrogen and oxygen atoms in total. The fraction of sp³-hybridized carbons (Fsp3) is 0.222. The minimum absolute atomic E-state index is 0.345. The molecule has 1 aromatic heterocycles. The normalized spacial score (nSPS) is 10.8. The van der Waals surface area contributed by atoms with Gasteiger partial charge in [-0.25, -0.2) is 4.79 Å². The van der Waals surface area contributed by atoms with Crippen LogP contribution in [0, 0.1) is 0 Å². The summed E-state index contributed by atoms with van der Waals surface area (Å²) >= 11 is 1.42. The molecule has 0 aliphatic rings. The zero-order valence-electron chi connectivity index (χ0n) is 7.06. The van der Waals surface area contributed by atoms with Gasteiger partial charge in [0.05, 0.1) is 5.56 Å². The van der Waals surface area contributed by atoms with E-state index in [4.69, 9.17) is 10.8 Å². The molecule has 3 N–H and O–H groups in total. The van der Waals surface area contributed by atoms with Gasteiger partial charge in [0.2, 0.25) is 0 Å². The van der Waals surface area contributed by atoms with Crippen molar-refractivity contribution in [2.24, 2.45) is 5.73 Å². The van der Waals surface area contributed by atoms with E-state index in [1.807, 2.05) is 12.2 Å². The van der Waals surface area contributed by atoms with Gasteiger partial charge in [-0.1, -0.05) is 6.08 Å². The van der Waals surface area contributed by atoms with E-state index in [-0.39, 0.29) is 0 Å². The summed E-state index contributed by atoms with van der Waals surface area (Å²) in [5, 5.41) is 10.3. The first kappa shape index (κ1) is 9.95. The number of thiophene rings is 1. The molecule has 0 saturated carbocycles. The molecule has 13 heavy (non-hydrogen) atoms. The number of rotatable bonds is 4. The summed E-state index contributed by atoms with van der Waals surface area (Å²) in [6.07, 6.45) is 4.65. The van der Waals surface area contributed by atoms with E-state index >= 15 is 0 Å². The average molecular weight is 197 g/mol. The lowest BCUT2D eigenvalue weighted by molar-refractivity contribution is 0.0697. The van der Waals surface area contributed by atoms with Crippen LogP contribution in [-0.4, -0.2) is 17.6 Å². The Bertz CT molecular complexity index is 317. The molecule has 1 rings (SSSR count). The van der Waals surface area contributed by atoms with Gasteiger partial charge in [0.25, 0.3) is 0 Å². The molecule has 4 heteroatoms. The average Bonchev–Trinajstić information content (AvgIpc) is 2.53. The molecule has 1 heterocycles. The molecule has 1 aromatic rings. The van der Waals surface area contributed by atoms with E-state index in [0.717, 1.165) is 11.3 Å². The topological polar surface area (TPSA) is 63.3 Å². The lowest BCUT2D eigenvalue weighted by Crippen LogP contribution is -1.94. The quantitative estimate of drug-likeness (QED) is 0.773. The maximum atomic E-state index is 10.5. The molecule has 0 aromatic carbocycles. The van der Waals surface area contributed by atoms with Crippen LogP contribution < -0.4 is 5.73 Å². The number of carboxylic acid groups (broad SMARTS) is 1. The standard InChI is InChI=1S/C9H11NO2S/c10-4-2-1-3-8-5-7(6-13-8)9(11)12/h1,3,5-6H,2,4,10H2,(H,11,12). The predicted molar refractivity (Wildman–Crippen MR) is 54.0 cm³/mol. The Labute approximate surface area is 80.5 Å². The third-order valence-electron chi connectivity index (χ3n) is 1.48. The minimum Gasteiger partial charge on any atom is -0.478 e. The summed E-state index contributed by atoms with van der Waals surface area (Å²) in [5.74, 6) is -0.880. The van der Waals surface area contributed by atoms with Gasteiger partial charge in [0.15, 0.2) is 0 Å². The van der Waals surface area contributed by atoms with Gasteiger partial charge in [-0.15, -0.1) is 11.3 Å². The summed E-state index contributed by atoms with van der Waals surface area (Å²) in [6, 6.07) is 1.65. The Balaban J connectivity index is 2.64. The highest BCUT2D eigenvalue weighted by Gasteiger charge is 2.03. The van der Waals surface area contributed by atoms with Crippen LogP contribution >= 0.6 is 11.3 Å². The summed E-state index contributed by atoms with van der Waals surface area (Å²) in [5.41, 5.74) is 5.65. The van der Waals surface area contributed by atoms with Gasteiger partial charge in [-0.2, -0.15) is 0 Å². The molecule has 0 aliphatic carbocycles. The van der Waals surface area contributed by atoms with Gasteiger partial charge < -0.3 is 10.8 Å². The molecule has 0 atom stereocenters. The zero-order valence-corrected chi connectivity index (χ0v) is 7.88. The lowest BCUT2D eigenvalue weighted by atomic mass is 10.3. The van der Waals surface area contributed by atoms with Crippen LogP contribution in [0.3, 0.4) is 0 Å². The summed E-state index contributed by atoms with van der Waals surface area (Å²) in [4.78, 5) is 11.5. The van der Waals surface area contributed by atoms with E-state index in [2.05, 4.69) is 0 Å². The molecule has 0 spiro atoms. The van der Waals surface area contributed by atoms with Gasteiger partial charge in [0, 0.05) is 10.3 Å². The van der Waals surface area contributed by atoms with Crippen molar-refractivity contribution in [3.63, 3.8) is 0 Å². The Morgan fingerprint density at radius 1 is 1.69 bits per heavy atom. The molecule has 0 bridgehead atoms. The third-order valence-corrected chi connectivity index (χ3v) is 2.38. The number of carboxylic acids is 1. The van der Waals surface area contributed by atoms with Crippen LogP contribution in [0.2, 0.25) is 0 Å². The van der Waals surface area contributed by atoms with E-state index in [9.17, 15) is 4.79 Å². The lowest BCUT2D eigenvalue weighted by Gasteiger charge is -1.84. The zero-order chi connectivity index (χ0) is 9.68. The van der Waals surface area contributed by atoms with Gasteiger partial charge in [0.1, 0.15) is 0 Å². The Kier molecular flexibility index (Phi) is 3.67. The van der Waals surface area contributed by atoms with Crippen molar-refractivity contribution in [2.45, 2.75) is 6.42 Å².